The zero-order valence-electron chi connectivity index (χ0n) is 9.16. The molecule has 84 valence electrons. The van der Waals surface area contributed by atoms with Gasteiger partial charge in [-0.25, -0.2) is 0 Å². The summed E-state index contributed by atoms with van der Waals surface area (Å²) >= 11 is 3.40. The number of ether oxygens (including phenoxy) is 1. The zero-order chi connectivity index (χ0) is 11.7. The number of carbonyl (C=O) groups excluding carboxylic acids is 1. The normalized spacial score (nSPS) is 16.8. The van der Waals surface area contributed by atoms with Gasteiger partial charge in [0.05, 0.1) is 24.1 Å². The molecule has 0 saturated heterocycles. The molecule has 0 spiro atoms. The molecule has 0 atom stereocenters. The molecule has 16 heavy (non-hydrogen) atoms. The van der Waals surface area contributed by atoms with Crippen molar-refractivity contribution >= 4 is 33.1 Å². The van der Waals surface area contributed by atoms with Gasteiger partial charge in [-0.3, -0.25) is 4.79 Å². The number of hydrogen-bond acceptors (Lipinski definition) is 2. The van der Waals surface area contributed by atoms with E-state index >= 15 is 0 Å². The lowest BCUT2D eigenvalue weighted by Crippen LogP contribution is -2.20. The number of anilines is 1. The molecule has 0 N–H and O–H groups in total. The molecule has 0 radical (unpaired) electrons. The third-order valence-electron chi connectivity index (χ3n) is 2.51. The minimum Gasteiger partial charge on any atom is -0.501 e. The van der Waals surface area contributed by atoms with Crippen LogP contribution in [0.3, 0.4) is 0 Å². The van der Waals surface area contributed by atoms with Crippen molar-refractivity contribution in [1.29, 1.82) is 0 Å². The second kappa shape index (κ2) is 4.29. The molecule has 2 rings (SSSR count). The Morgan fingerprint density at radius 2 is 2.25 bits per heavy atom. The third kappa shape index (κ3) is 1.73. The van der Waals surface area contributed by atoms with Crippen LogP contribution in [0.15, 0.2) is 28.9 Å². The van der Waals surface area contributed by atoms with Gasteiger partial charge in [0.1, 0.15) is 0 Å². The van der Waals surface area contributed by atoms with Crippen LogP contribution in [0.4, 0.5) is 5.69 Å². The summed E-state index contributed by atoms with van der Waals surface area (Å²) < 4.78 is 6.16. The fourth-order valence-corrected chi connectivity index (χ4v) is 2.06. The molecule has 0 aliphatic carbocycles. The Balaban J connectivity index is 2.51. The van der Waals surface area contributed by atoms with Crippen LogP contribution >= 0.6 is 15.9 Å². The maximum Gasteiger partial charge on any atom is 0.261 e. The van der Waals surface area contributed by atoms with Gasteiger partial charge >= 0.3 is 0 Å². The van der Waals surface area contributed by atoms with Crippen LogP contribution in [0.2, 0.25) is 0 Å². The molecule has 3 nitrogen and oxygen atoms in total. The van der Waals surface area contributed by atoms with E-state index in [0.29, 0.717) is 12.2 Å². The smallest absolute Gasteiger partial charge is 0.261 e. The Morgan fingerprint density at radius 3 is 2.94 bits per heavy atom. The lowest BCUT2D eigenvalue weighted by Gasteiger charge is -2.08. The summed E-state index contributed by atoms with van der Waals surface area (Å²) in [4.78, 5) is 13.6. The second-order valence-electron chi connectivity index (χ2n) is 3.51. The average Bonchev–Trinajstić information content (AvgIpc) is 2.50. The quantitative estimate of drug-likeness (QED) is 0.616. The number of carbonyl (C=O) groups is 1. The first-order chi connectivity index (χ1) is 7.65. The van der Waals surface area contributed by atoms with Gasteiger partial charge < -0.3 is 9.64 Å². The van der Waals surface area contributed by atoms with Crippen molar-refractivity contribution in [3.63, 3.8) is 0 Å². The molecular weight excluding hydrogens is 270 g/mol. The van der Waals surface area contributed by atoms with Gasteiger partial charge in [-0.1, -0.05) is 15.9 Å². The van der Waals surface area contributed by atoms with Crippen LogP contribution in [0.1, 0.15) is 12.5 Å². The predicted molar refractivity (Wildman–Crippen MR) is 67.2 cm³/mol. The van der Waals surface area contributed by atoms with Crippen molar-refractivity contribution in [1.82, 2.24) is 0 Å². The SMILES string of the molecule is CCOC=C1C(=O)N(C)c2ccc(Br)cc21. The lowest BCUT2D eigenvalue weighted by molar-refractivity contribution is -0.112. The van der Waals surface area contributed by atoms with E-state index in [0.717, 1.165) is 15.7 Å². The first-order valence-electron chi connectivity index (χ1n) is 5.05. The maximum atomic E-state index is 11.9. The molecule has 1 heterocycles. The van der Waals surface area contributed by atoms with E-state index in [1.807, 2.05) is 25.1 Å². The Hall–Kier alpha value is -1.29. The number of benzene rings is 1. The Bertz CT molecular complexity index is 468. The van der Waals surface area contributed by atoms with Gasteiger partial charge in [0.2, 0.25) is 0 Å². The number of likely N-dealkylation sites (N-methyl/N-ethyl adjacent to an activating group) is 1. The van der Waals surface area contributed by atoms with Crippen molar-refractivity contribution in [3.05, 3.63) is 34.5 Å². The van der Waals surface area contributed by atoms with Gasteiger partial charge in [-0.2, -0.15) is 0 Å². The molecule has 1 aromatic rings. The van der Waals surface area contributed by atoms with E-state index in [1.165, 1.54) is 6.26 Å². The molecule has 1 aliphatic heterocycles. The van der Waals surface area contributed by atoms with Crippen molar-refractivity contribution < 1.29 is 9.53 Å². The first-order valence-corrected chi connectivity index (χ1v) is 5.84. The Morgan fingerprint density at radius 1 is 1.50 bits per heavy atom. The summed E-state index contributed by atoms with van der Waals surface area (Å²) in [5, 5.41) is 0. The first kappa shape index (κ1) is 11.2. The number of fused-ring (bicyclic) bond motifs is 1. The molecule has 1 aliphatic rings. The van der Waals surface area contributed by atoms with Crippen LogP contribution in [-0.2, 0) is 9.53 Å². The Labute approximate surface area is 103 Å². The van der Waals surface area contributed by atoms with Crippen LogP contribution in [0, 0.1) is 0 Å². The van der Waals surface area contributed by atoms with Crippen molar-refractivity contribution in [3.8, 4) is 0 Å². The molecule has 0 saturated carbocycles. The van der Waals surface area contributed by atoms with Crippen LogP contribution in [-0.4, -0.2) is 19.6 Å². The summed E-state index contributed by atoms with van der Waals surface area (Å²) in [7, 11) is 1.77. The summed E-state index contributed by atoms with van der Waals surface area (Å²) in [6.07, 6.45) is 1.54. The van der Waals surface area contributed by atoms with Gasteiger partial charge in [0, 0.05) is 17.1 Å². The van der Waals surface area contributed by atoms with Crippen LogP contribution in [0.5, 0.6) is 0 Å². The third-order valence-corrected chi connectivity index (χ3v) is 3.01. The molecular formula is C12H12BrNO2. The molecule has 0 bridgehead atoms. The van der Waals surface area contributed by atoms with E-state index in [1.54, 1.807) is 11.9 Å². The maximum absolute atomic E-state index is 11.9. The average molecular weight is 282 g/mol. The second-order valence-corrected chi connectivity index (χ2v) is 4.43. The van der Waals surface area contributed by atoms with Crippen molar-refractivity contribution in [2.45, 2.75) is 6.92 Å². The van der Waals surface area contributed by atoms with Gasteiger partial charge in [0.25, 0.3) is 5.91 Å². The highest BCUT2D eigenvalue weighted by molar-refractivity contribution is 9.10. The predicted octanol–water partition coefficient (Wildman–Crippen LogP) is 2.80. The van der Waals surface area contributed by atoms with Crippen LogP contribution in [0.25, 0.3) is 5.57 Å². The highest BCUT2D eigenvalue weighted by Crippen LogP contribution is 2.37. The molecule has 4 heteroatoms. The monoisotopic (exact) mass is 281 g/mol. The van der Waals surface area contributed by atoms with Crippen LogP contribution < -0.4 is 4.90 Å². The fourth-order valence-electron chi connectivity index (χ4n) is 1.70. The number of rotatable bonds is 2. The number of hydrogen-bond donors (Lipinski definition) is 0. The van der Waals surface area contributed by atoms with Gasteiger partial charge in [-0.05, 0) is 25.1 Å². The molecule has 1 amide bonds. The summed E-state index contributed by atoms with van der Waals surface area (Å²) in [5.74, 6) is -0.0263. The fraction of sp³-hybridized carbons (Fsp3) is 0.250. The van der Waals surface area contributed by atoms with E-state index in [4.69, 9.17) is 4.74 Å². The standard InChI is InChI=1S/C12H12BrNO2/c1-3-16-7-10-9-6-8(13)4-5-11(9)14(2)12(10)15/h4-7H,3H2,1-2H3. The summed E-state index contributed by atoms with van der Waals surface area (Å²) in [6, 6.07) is 5.78. The van der Waals surface area contributed by atoms with E-state index in [2.05, 4.69) is 15.9 Å². The van der Waals surface area contributed by atoms with Crippen molar-refractivity contribution in [2.24, 2.45) is 0 Å². The summed E-state index contributed by atoms with van der Waals surface area (Å²) in [5.41, 5.74) is 2.44. The highest BCUT2D eigenvalue weighted by Gasteiger charge is 2.30. The zero-order valence-corrected chi connectivity index (χ0v) is 10.7. The number of amides is 1. The van der Waals surface area contributed by atoms with E-state index < -0.39 is 0 Å². The molecule has 0 aromatic heterocycles. The van der Waals surface area contributed by atoms with E-state index in [9.17, 15) is 4.79 Å². The summed E-state index contributed by atoms with van der Waals surface area (Å²) in [6.45, 7) is 2.45. The Kier molecular flexibility index (Phi) is 3.01. The topological polar surface area (TPSA) is 29.5 Å². The number of nitrogens with zero attached hydrogens (tertiary/aromatic N) is 1. The minimum absolute atomic E-state index is 0.0263. The lowest BCUT2D eigenvalue weighted by atomic mass is 10.1. The van der Waals surface area contributed by atoms with Crippen molar-refractivity contribution in [2.75, 3.05) is 18.6 Å². The van der Waals surface area contributed by atoms with Gasteiger partial charge in [-0.15, -0.1) is 0 Å². The molecule has 1 aromatic carbocycles. The number of halogens is 1. The van der Waals surface area contributed by atoms with E-state index in [-0.39, 0.29) is 5.91 Å². The molecule has 0 unspecified atom stereocenters. The minimum atomic E-state index is -0.0263. The van der Waals surface area contributed by atoms with Gasteiger partial charge in [0.15, 0.2) is 0 Å². The largest absolute Gasteiger partial charge is 0.501 e. The molecule has 0 fully saturated rings. The highest BCUT2D eigenvalue weighted by atomic mass is 79.9.